The molecule has 202 valence electrons. The second-order valence-electron chi connectivity index (χ2n) is 10.3. The Morgan fingerprint density at radius 2 is 2.05 bits per heavy atom. The molecule has 13 heteroatoms. The van der Waals surface area contributed by atoms with Crippen molar-refractivity contribution in [1.29, 1.82) is 0 Å². The first-order valence-electron chi connectivity index (χ1n) is 12.8. The number of hydrogen-bond acceptors (Lipinski definition) is 8. The molecule has 5 rings (SSSR count). The molecule has 3 fully saturated rings. The SMILES string of the molecule is CC[C@H]1CC(C)C2(N3CCN(C(=O)OC)CC3)C(NC(=O)c3c(N)nn4cc(F)cnc34)CNC1C2F. The Hall–Kier alpha value is -3.06. The number of rotatable bonds is 4. The number of carbonyl (C=O) groups excluding carboxylic acids is 2. The van der Waals surface area contributed by atoms with E-state index in [2.05, 4.69) is 39.5 Å². The maximum absolute atomic E-state index is 16.7. The molecule has 2 amide bonds. The third-order valence-electron chi connectivity index (χ3n) is 8.61. The van der Waals surface area contributed by atoms with Crippen LogP contribution in [0.5, 0.6) is 0 Å². The standard InChI is InChI=1S/C24H34F2N8O3/c1-4-14-9-13(2)24(33-7-5-32(6-8-33)23(36)37-3)16(11-28-18(14)19(24)26)30-22(35)17-20(27)31-34-12-15(25)10-29-21(17)34/h10,12-14,16,18-19,28H,4-9,11H2,1-3H3,(H2,27,31)(H,30,35)/t13?,14-,16?,18?,19?,24?/m0/s1. The number of fused-ring (bicyclic) bond motifs is 3. The van der Waals surface area contributed by atoms with Crippen LogP contribution in [0, 0.1) is 17.7 Å². The van der Waals surface area contributed by atoms with E-state index in [0.717, 1.165) is 29.8 Å². The molecule has 5 unspecified atom stereocenters. The van der Waals surface area contributed by atoms with Crippen LogP contribution in [0.1, 0.15) is 37.0 Å². The fourth-order valence-corrected chi connectivity index (χ4v) is 6.89. The number of methoxy groups -OCH3 is 1. The number of hydrogen-bond donors (Lipinski definition) is 3. The third-order valence-corrected chi connectivity index (χ3v) is 8.61. The molecule has 4 heterocycles. The third kappa shape index (κ3) is 3.99. The minimum absolute atomic E-state index is 0.0260. The van der Waals surface area contributed by atoms with E-state index in [9.17, 15) is 14.0 Å². The smallest absolute Gasteiger partial charge is 0.409 e. The molecule has 2 bridgehead atoms. The minimum Gasteiger partial charge on any atom is -0.453 e. The van der Waals surface area contributed by atoms with Crippen LogP contribution in [-0.2, 0) is 4.74 Å². The lowest BCUT2D eigenvalue weighted by Gasteiger charge is -2.63. The second kappa shape index (κ2) is 9.67. The lowest BCUT2D eigenvalue weighted by Crippen LogP contribution is -2.82. The summed E-state index contributed by atoms with van der Waals surface area (Å²) in [4.78, 5) is 33.4. The normalized spacial score (nSPS) is 32.4. The number of nitrogens with two attached hydrogens (primary N) is 1. The van der Waals surface area contributed by atoms with Gasteiger partial charge in [-0.25, -0.2) is 23.1 Å². The maximum atomic E-state index is 16.7. The van der Waals surface area contributed by atoms with Gasteiger partial charge in [0.05, 0.1) is 31.1 Å². The average Bonchev–Trinajstić information content (AvgIpc) is 3.21. The van der Waals surface area contributed by atoms with Crippen molar-refractivity contribution < 1.29 is 23.1 Å². The van der Waals surface area contributed by atoms with Crippen molar-refractivity contribution in [2.24, 2.45) is 11.8 Å². The van der Waals surface area contributed by atoms with E-state index >= 15 is 4.39 Å². The van der Waals surface area contributed by atoms with Crippen molar-refractivity contribution in [3.8, 4) is 0 Å². The zero-order valence-corrected chi connectivity index (χ0v) is 21.3. The quantitative estimate of drug-likeness (QED) is 0.546. The van der Waals surface area contributed by atoms with Crippen molar-refractivity contribution in [3.63, 3.8) is 0 Å². The fourth-order valence-electron chi connectivity index (χ4n) is 6.89. The molecule has 2 aliphatic heterocycles. The monoisotopic (exact) mass is 520 g/mol. The van der Waals surface area contributed by atoms with Gasteiger partial charge in [-0.15, -0.1) is 5.10 Å². The number of nitrogen functional groups attached to an aromatic ring is 1. The van der Waals surface area contributed by atoms with Gasteiger partial charge in [0.2, 0.25) is 0 Å². The Bertz CT molecular complexity index is 1190. The Morgan fingerprint density at radius 3 is 2.73 bits per heavy atom. The van der Waals surface area contributed by atoms with Gasteiger partial charge in [0.1, 0.15) is 11.7 Å². The van der Waals surface area contributed by atoms with Crippen molar-refractivity contribution >= 4 is 23.5 Å². The van der Waals surface area contributed by atoms with Crippen molar-refractivity contribution in [2.75, 3.05) is 45.6 Å². The van der Waals surface area contributed by atoms with Crippen molar-refractivity contribution in [3.05, 3.63) is 23.8 Å². The molecule has 3 aliphatic rings. The number of aromatic nitrogens is 3. The average molecular weight is 521 g/mol. The highest BCUT2D eigenvalue weighted by atomic mass is 19.1. The molecule has 1 aliphatic carbocycles. The molecule has 2 aromatic heterocycles. The highest BCUT2D eigenvalue weighted by Gasteiger charge is 2.63. The summed E-state index contributed by atoms with van der Waals surface area (Å²) < 4.78 is 36.3. The molecule has 4 N–H and O–H groups in total. The molecule has 37 heavy (non-hydrogen) atoms. The molecular formula is C24H34F2N8O3. The lowest BCUT2D eigenvalue weighted by atomic mass is 9.59. The molecule has 1 saturated carbocycles. The first-order valence-corrected chi connectivity index (χ1v) is 12.8. The molecular weight excluding hydrogens is 486 g/mol. The topological polar surface area (TPSA) is 130 Å². The van der Waals surface area contributed by atoms with Gasteiger partial charge in [-0.2, -0.15) is 0 Å². The fraction of sp³-hybridized carbons (Fsp3) is 0.667. The summed E-state index contributed by atoms with van der Waals surface area (Å²) in [7, 11) is 1.34. The number of piperazine rings is 1. The molecule has 0 radical (unpaired) electrons. The van der Waals surface area contributed by atoms with E-state index in [1.165, 1.54) is 7.11 Å². The summed E-state index contributed by atoms with van der Waals surface area (Å²) in [5.41, 5.74) is 5.19. The van der Waals surface area contributed by atoms with Crippen LogP contribution < -0.4 is 16.4 Å². The van der Waals surface area contributed by atoms with Gasteiger partial charge in [0.25, 0.3) is 5.91 Å². The largest absolute Gasteiger partial charge is 0.453 e. The second-order valence-corrected chi connectivity index (χ2v) is 10.3. The summed E-state index contributed by atoms with van der Waals surface area (Å²) in [6.45, 7) is 6.21. The summed E-state index contributed by atoms with van der Waals surface area (Å²) >= 11 is 0. The zero-order valence-electron chi connectivity index (χ0n) is 21.3. The number of nitrogens with zero attached hydrogens (tertiary/aromatic N) is 5. The number of amides is 2. The van der Waals surface area contributed by atoms with Gasteiger partial charge in [-0.1, -0.05) is 20.3 Å². The predicted octanol–water partition coefficient (Wildman–Crippen LogP) is 1.05. The Morgan fingerprint density at radius 1 is 1.32 bits per heavy atom. The van der Waals surface area contributed by atoms with E-state index in [4.69, 9.17) is 10.5 Å². The highest BCUT2D eigenvalue weighted by Crippen LogP contribution is 2.48. The van der Waals surface area contributed by atoms with Crippen LogP contribution in [0.15, 0.2) is 12.4 Å². The first kappa shape index (κ1) is 25.6. The van der Waals surface area contributed by atoms with Gasteiger partial charge in [0, 0.05) is 38.8 Å². The number of nitrogens with one attached hydrogen (secondary N) is 2. The summed E-state index contributed by atoms with van der Waals surface area (Å²) in [5.74, 6) is -1.13. The Balaban J connectivity index is 1.48. The lowest BCUT2D eigenvalue weighted by molar-refractivity contribution is -0.135. The van der Waals surface area contributed by atoms with Gasteiger partial charge in [-0.05, 0) is 18.3 Å². The molecule has 0 spiro atoms. The van der Waals surface area contributed by atoms with Crippen LogP contribution in [0.2, 0.25) is 0 Å². The van der Waals surface area contributed by atoms with Gasteiger partial charge in [-0.3, -0.25) is 9.69 Å². The summed E-state index contributed by atoms with van der Waals surface area (Å²) in [6, 6.07) is -0.932. The van der Waals surface area contributed by atoms with Crippen LogP contribution in [0.4, 0.5) is 19.4 Å². The Kier molecular flexibility index (Phi) is 6.69. The van der Waals surface area contributed by atoms with Crippen LogP contribution >= 0.6 is 0 Å². The molecule has 11 nitrogen and oxygen atoms in total. The van der Waals surface area contributed by atoms with E-state index in [1.807, 2.05) is 0 Å². The van der Waals surface area contributed by atoms with Crippen LogP contribution in [0.3, 0.4) is 0 Å². The number of ether oxygens (including phenoxy) is 1. The van der Waals surface area contributed by atoms with Crippen molar-refractivity contribution in [1.82, 2.24) is 35.0 Å². The van der Waals surface area contributed by atoms with E-state index in [1.54, 1.807) is 4.90 Å². The number of anilines is 1. The van der Waals surface area contributed by atoms with Gasteiger partial charge in [0.15, 0.2) is 17.3 Å². The van der Waals surface area contributed by atoms with E-state index < -0.39 is 35.6 Å². The zero-order chi connectivity index (χ0) is 26.5. The molecule has 2 aromatic rings. The van der Waals surface area contributed by atoms with Crippen LogP contribution in [-0.4, -0.2) is 100 Å². The number of alkyl halides is 1. The minimum atomic E-state index is -1.25. The summed E-state index contributed by atoms with van der Waals surface area (Å²) in [6.07, 6.45) is 2.09. The molecule has 6 atom stereocenters. The van der Waals surface area contributed by atoms with Gasteiger partial charge >= 0.3 is 6.09 Å². The van der Waals surface area contributed by atoms with E-state index in [0.29, 0.717) is 32.7 Å². The van der Waals surface area contributed by atoms with Crippen molar-refractivity contribution in [2.45, 2.75) is 50.5 Å². The van der Waals surface area contributed by atoms with Crippen LogP contribution in [0.25, 0.3) is 5.65 Å². The maximum Gasteiger partial charge on any atom is 0.409 e. The number of piperidine rings is 1. The predicted molar refractivity (Wildman–Crippen MR) is 131 cm³/mol. The Labute approximate surface area is 213 Å². The number of halogens is 2. The first-order chi connectivity index (χ1) is 17.7. The molecule has 0 aromatic carbocycles. The molecule has 2 saturated heterocycles. The number of carbonyl (C=O) groups is 2. The summed E-state index contributed by atoms with van der Waals surface area (Å²) in [5, 5.41) is 10.4. The highest BCUT2D eigenvalue weighted by molar-refractivity contribution is 6.04. The van der Waals surface area contributed by atoms with Gasteiger partial charge < -0.3 is 26.0 Å². The van der Waals surface area contributed by atoms with E-state index in [-0.39, 0.29) is 34.9 Å².